The van der Waals surface area contributed by atoms with Crippen LogP contribution in [0.4, 0.5) is 16.3 Å². The van der Waals surface area contributed by atoms with Gasteiger partial charge in [-0.1, -0.05) is 38.5 Å². The Hall–Kier alpha value is -3.39. The lowest BCUT2D eigenvalue weighted by atomic mass is 9.92. The van der Waals surface area contributed by atoms with Crippen LogP contribution in [0.25, 0.3) is 5.69 Å². The maximum absolute atomic E-state index is 12.8. The van der Waals surface area contributed by atoms with Gasteiger partial charge in [-0.3, -0.25) is 5.32 Å². The maximum atomic E-state index is 12.8. The van der Waals surface area contributed by atoms with Crippen LogP contribution in [0.2, 0.25) is 0 Å². The van der Waals surface area contributed by atoms with Gasteiger partial charge in [0.05, 0.1) is 11.4 Å². The summed E-state index contributed by atoms with van der Waals surface area (Å²) in [6, 6.07) is 13.1. The summed E-state index contributed by atoms with van der Waals surface area (Å²) in [4.78, 5) is 17.1. The van der Waals surface area contributed by atoms with Crippen molar-refractivity contribution in [2.24, 2.45) is 0 Å². The zero-order chi connectivity index (χ0) is 23.4. The van der Waals surface area contributed by atoms with Crippen molar-refractivity contribution in [2.75, 3.05) is 23.7 Å². The van der Waals surface area contributed by atoms with Crippen molar-refractivity contribution in [1.29, 1.82) is 0 Å². The van der Waals surface area contributed by atoms with Gasteiger partial charge in [-0.2, -0.15) is 5.10 Å². The molecule has 4 rings (SSSR count). The first-order valence-electron chi connectivity index (χ1n) is 11.4. The molecule has 1 aromatic carbocycles. The Bertz CT molecular complexity index is 1090. The number of pyridine rings is 1. The first-order chi connectivity index (χ1) is 15.8. The molecule has 0 bridgehead atoms. The molecular weight excluding hydrogens is 416 g/mol. The van der Waals surface area contributed by atoms with Crippen molar-refractivity contribution >= 4 is 17.5 Å². The van der Waals surface area contributed by atoms with E-state index in [2.05, 4.69) is 41.7 Å². The molecule has 3 heterocycles. The minimum Gasteiger partial charge on any atom is -0.474 e. The van der Waals surface area contributed by atoms with Crippen LogP contribution in [-0.2, 0) is 5.41 Å². The predicted octanol–water partition coefficient (Wildman–Crippen LogP) is 4.65. The zero-order valence-corrected chi connectivity index (χ0v) is 19.7. The molecule has 0 radical (unpaired) electrons. The molecule has 174 valence electrons. The summed E-state index contributed by atoms with van der Waals surface area (Å²) in [6.07, 6.45) is 3.67. The van der Waals surface area contributed by atoms with E-state index in [0.29, 0.717) is 17.4 Å². The number of piperidine rings is 1. The van der Waals surface area contributed by atoms with Gasteiger partial charge in [0.1, 0.15) is 11.9 Å². The number of anilines is 2. The molecule has 3 aromatic rings. The van der Waals surface area contributed by atoms with Gasteiger partial charge >= 0.3 is 6.03 Å². The molecule has 2 amide bonds. The average Bonchev–Trinajstić information content (AvgIpc) is 3.19. The van der Waals surface area contributed by atoms with E-state index in [1.807, 2.05) is 37.3 Å². The number of amides is 2. The van der Waals surface area contributed by atoms with Crippen LogP contribution in [0.15, 0.2) is 48.7 Å². The largest absolute Gasteiger partial charge is 0.474 e. The molecule has 3 N–H and O–H groups in total. The Morgan fingerprint density at radius 2 is 1.82 bits per heavy atom. The number of rotatable bonds is 5. The van der Waals surface area contributed by atoms with Crippen LogP contribution >= 0.6 is 0 Å². The van der Waals surface area contributed by atoms with Crippen LogP contribution in [0.1, 0.15) is 44.9 Å². The van der Waals surface area contributed by atoms with Crippen molar-refractivity contribution in [1.82, 2.24) is 20.1 Å². The predicted molar refractivity (Wildman–Crippen MR) is 130 cm³/mol. The SMILES string of the molecule is Cc1ccc(-n2nc(C(C)(C)C)cc2NC(=O)Nc2ccnc(OC3CCNCC3)c2)cc1. The fourth-order valence-corrected chi connectivity index (χ4v) is 3.63. The smallest absolute Gasteiger partial charge is 0.324 e. The molecule has 1 aliphatic heterocycles. The second-order valence-electron chi connectivity index (χ2n) is 9.44. The maximum Gasteiger partial charge on any atom is 0.324 e. The Morgan fingerprint density at radius 1 is 1.09 bits per heavy atom. The summed E-state index contributed by atoms with van der Waals surface area (Å²) in [5.41, 5.74) is 3.39. The van der Waals surface area contributed by atoms with E-state index < -0.39 is 0 Å². The fraction of sp³-hybridized carbons (Fsp3) is 0.400. The Morgan fingerprint density at radius 3 is 2.52 bits per heavy atom. The summed E-state index contributed by atoms with van der Waals surface area (Å²) in [6.45, 7) is 10.2. The number of carbonyl (C=O) groups excluding carboxylic acids is 1. The summed E-state index contributed by atoms with van der Waals surface area (Å²) < 4.78 is 7.75. The monoisotopic (exact) mass is 448 g/mol. The topological polar surface area (TPSA) is 93.1 Å². The molecule has 0 unspecified atom stereocenters. The third-order valence-corrected chi connectivity index (χ3v) is 5.56. The van der Waals surface area contributed by atoms with Gasteiger partial charge in [-0.05, 0) is 51.1 Å². The Labute approximate surface area is 194 Å². The third-order valence-electron chi connectivity index (χ3n) is 5.56. The van der Waals surface area contributed by atoms with Crippen molar-refractivity contribution < 1.29 is 9.53 Å². The van der Waals surface area contributed by atoms with Crippen molar-refractivity contribution in [3.63, 3.8) is 0 Å². The lowest BCUT2D eigenvalue weighted by Crippen LogP contribution is -2.34. The Balaban J connectivity index is 1.49. The first kappa shape index (κ1) is 22.8. The van der Waals surface area contributed by atoms with Gasteiger partial charge in [-0.25, -0.2) is 14.5 Å². The summed E-state index contributed by atoms with van der Waals surface area (Å²) in [5, 5.41) is 13.9. The number of hydrogen-bond donors (Lipinski definition) is 3. The summed E-state index contributed by atoms with van der Waals surface area (Å²) in [7, 11) is 0. The number of hydrogen-bond acceptors (Lipinski definition) is 5. The van der Waals surface area contributed by atoms with Crippen molar-refractivity contribution in [3.8, 4) is 11.6 Å². The van der Waals surface area contributed by atoms with Gasteiger partial charge in [-0.15, -0.1) is 0 Å². The van der Waals surface area contributed by atoms with E-state index in [1.54, 1.807) is 23.0 Å². The number of urea groups is 1. The molecule has 1 fully saturated rings. The number of benzene rings is 1. The highest BCUT2D eigenvalue weighted by Crippen LogP contribution is 2.27. The van der Waals surface area contributed by atoms with Gasteiger partial charge < -0.3 is 15.4 Å². The van der Waals surface area contributed by atoms with E-state index in [-0.39, 0.29) is 17.6 Å². The number of aromatic nitrogens is 3. The highest BCUT2D eigenvalue weighted by Gasteiger charge is 2.22. The van der Waals surface area contributed by atoms with Crippen molar-refractivity contribution in [3.05, 3.63) is 59.9 Å². The number of aryl methyl sites for hydroxylation is 1. The van der Waals surface area contributed by atoms with E-state index >= 15 is 0 Å². The van der Waals surface area contributed by atoms with Crippen LogP contribution < -0.4 is 20.7 Å². The van der Waals surface area contributed by atoms with Crippen LogP contribution in [0.5, 0.6) is 5.88 Å². The third kappa shape index (κ3) is 5.90. The molecule has 0 aliphatic carbocycles. The molecule has 0 saturated carbocycles. The van der Waals surface area contributed by atoms with E-state index in [0.717, 1.165) is 42.9 Å². The average molecular weight is 449 g/mol. The standard InChI is InChI=1S/C25H32N6O2/c1-17-5-7-19(8-6-17)31-22(16-21(30-31)25(2,3)4)29-24(32)28-18-9-14-27-23(15-18)33-20-10-12-26-13-11-20/h5-9,14-16,20,26H,10-13H2,1-4H3,(H2,27,28,29,32). The Kier molecular flexibility index (Phi) is 6.65. The van der Waals surface area contributed by atoms with Gasteiger partial charge in [0.25, 0.3) is 0 Å². The van der Waals surface area contributed by atoms with Crippen molar-refractivity contribution in [2.45, 2.75) is 52.1 Å². The lowest BCUT2D eigenvalue weighted by molar-refractivity contribution is 0.156. The number of ether oxygens (including phenoxy) is 1. The summed E-state index contributed by atoms with van der Waals surface area (Å²) >= 11 is 0. The second-order valence-corrected chi connectivity index (χ2v) is 9.44. The summed E-state index contributed by atoms with van der Waals surface area (Å²) in [5.74, 6) is 1.11. The fourth-order valence-electron chi connectivity index (χ4n) is 3.63. The zero-order valence-electron chi connectivity index (χ0n) is 19.7. The van der Waals surface area contributed by atoms with E-state index in [1.165, 1.54) is 0 Å². The molecule has 0 spiro atoms. The van der Waals surface area contributed by atoms with E-state index in [9.17, 15) is 4.79 Å². The van der Waals surface area contributed by atoms with Gasteiger partial charge in [0, 0.05) is 29.4 Å². The van der Waals surface area contributed by atoms with Gasteiger partial charge in [0.15, 0.2) is 0 Å². The van der Waals surface area contributed by atoms with Crippen LogP contribution in [-0.4, -0.2) is 40.0 Å². The minimum atomic E-state index is -0.359. The van der Waals surface area contributed by atoms with E-state index in [4.69, 9.17) is 9.84 Å². The van der Waals surface area contributed by atoms with Crippen LogP contribution in [0, 0.1) is 6.92 Å². The quantitative estimate of drug-likeness (QED) is 0.528. The molecule has 1 aliphatic rings. The molecular formula is C25H32N6O2. The molecule has 1 saturated heterocycles. The number of nitrogens with one attached hydrogen (secondary N) is 3. The second kappa shape index (κ2) is 9.62. The highest BCUT2D eigenvalue weighted by atomic mass is 16.5. The molecule has 8 heteroatoms. The molecule has 8 nitrogen and oxygen atoms in total. The number of carbonyl (C=O) groups is 1. The van der Waals surface area contributed by atoms with Crippen LogP contribution in [0.3, 0.4) is 0 Å². The minimum absolute atomic E-state index is 0.141. The normalized spacial score (nSPS) is 14.7. The molecule has 0 atom stereocenters. The van der Waals surface area contributed by atoms with Gasteiger partial charge in [0.2, 0.25) is 5.88 Å². The highest BCUT2D eigenvalue weighted by molar-refractivity contribution is 5.99. The molecule has 33 heavy (non-hydrogen) atoms. The first-order valence-corrected chi connectivity index (χ1v) is 11.4. The number of nitrogens with zero attached hydrogens (tertiary/aromatic N) is 3. The molecule has 2 aromatic heterocycles. The lowest BCUT2D eigenvalue weighted by Gasteiger charge is -2.23.